The molecule has 0 saturated carbocycles. The number of hydrogen-bond acceptors (Lipinski definition) is 4. The number of anilines is 1. The molecule has 0 radical (unpaired) electrons. The molecule has 0 amide bonds. The van der Waals surface area contributed by atoms with Gasteiger partial charge in [-0.25, -0.2) is 0 Å². The third kappa shape index (κ3) is 4.11. The predicted octanol–water partition coefficient (Wildman–Crippen LogP) is 4.23. The highest BCUT2D eigenvalue weighted by atomic mass is 16.6. The smallest absolute Gasteiger partial charge is 0.333 e. The van der Waals surface area contributed by atoms with Crippen molar-refractivity contribution >= 4 is 11.4 Å². The lowest BCUT2D eigenvalue weighted by Gasteiger charge is -2.29. The van der Waals surface area contributed by atoms with Crippen LogP contribution in [-0.2, 0) is 0 Å². The Kier molecular flexibility index (Phi) is 4.98. The molecule has 112 valence electrons. The zero-order valence-electron chi connectivity index (χ0n) is 13.1. The van der Waals surface area contributed by atoms with Crippen molar-refractivity contribution in [2.24, 2.45) is 5.41 Å². The number of nitrogens with zero attached hydrogens (tertiary/aromatic N) is 1. The Morgan fingerprint density at radius 3 is 2.30 bits per heavy atom. The van der Waals surface area contributed by atoms with E-state index >= 15 is 0 Å². The quantitative estimate of drug-likeness (QED) is 0.647. The van der Waals surface area contributed by atoms with Gasteiger partial charge in [0.15, 0.2) is 5.75 Å². The normalized spacial score (nSPS) is 13.2. The van der Waals surface area contributed by atoms with Gasteiger partial charge >= 0.3 is 5.69 Å². The molecule has 1 aromatic rings. The Hall–Kier alpha value is -1.78. The van der Waals surface area contributed by atoms with Crippen LogP contribution in [0.1, 0.15) is 41.5 Å². The summed E-state index contributed by atoms with van der Waals surface area (Å²) >= 11 is 0. The fourth-order valence-corrected chi connectivity index (χ4v) is 1.63. The fourth-order valence-electron chi connectivity index (χ4n) is 1.63. The van der Waals surface area contributed by atoms with E-state index in [1.54, 1.807) is 18.2 Å². The molecule has 5 nitrogen and oxygen atoms in total. The van der Waals surface area contributed by atoms with Crippen LogP contribution >= 0.6 is 0 Å². The second kappa shape index (κ2) is 6.11. The zero-order valence-corrected chi connectivity index (χ0v) is 13.1. The zero-order chi connectivity index (χ0) is 15.5. The average Bonchev–Trinajstić information content (AvgIpc) is 2.26. The first-order valence-electron chi connectivity index (χ1n) is 6.83. The molecule has 1 unspecified atom stereocenters. The maximum Gasteiger partial charge on any atom is 0.333 e. The number of nitro groups is 1. The maximum absolute atomic E-state index is 11.3. The summed E-state index contributed by atoms with van der Waals surface area (Å²) in [7, 11) is 0. The highest BCUT2D eigenvalue weighted by Crippen LogP contribution is 2.37. The SMILES string of the molecule is CC(C)Oc1cccc(NC(C)C(C)(C)C)c1[N+](=O)[O-]. The number of benzene rings is 1. The van der Waals surface area contributed by atoms with Gasteiger partial charge in [0.25, 0.3) is 0 Å². The monoisotopic (exact) mass is 280 g/mol. The summed E-state index contributed by atoms with van der Waals surface area (Å²) in [5.74, 6) is 0.302. The minimum Gasteiger partial charge on any atom is -0.484 e. The molecule has 0 aliphatic rings. The number of para-hydroxylation sites is 1. The van der Waals surface area contributed by atoms with E-state index < -0.39 is 4.92 Å². The Bertz CT molecular complexity index is 478. The molecule has 0 aromatic heterocycles. The van der Waals surface area contributed by atoms with Crippen LogP contribution in [0.25, 0.3) is 0 Å². The van der Waals surface area contributed by atoms with Crippen LogP contribution in [0, 0.1) is 15.5 Å². The van der Waals surface area contributed by atoms with Crippen LogP contribution in [0.3, 0.4) is 0 Å². The molecule has 1 atom stereocenters. The van der Waals surface area contributed by atoms with Gasteiger partial charge in [0, 0.05) is 6.04 Å². The summed E-state index contributed by atoms with van der Waals surface area (Å²) < 4.78 is 5.53. The highest BCUT2D eigenvalue weighted by Gasteiger charge is 2.26. The van der Waals surface area contributed by atoms with Crippen molar-refractivity contribution in [1.82, 2.24) is 0 Å². The molecule has 1 aromatic carbocycles. The standard InChI is InChI=1S/C15H24N2O3/c1-10(2)20-13-9-7-8-12(14(13)17(18)19)16-11(3)15(4,5)6/h7-11,16H,1-6H3. The summed E-state index contributed by atoms with van der Waals surface area (Å²) in [5.41, 5.74) is 0.496. The van der Waals surface area contributed by atoms with Gasteiger partial charge in [0.1, 0.15) is 5.69 Å². The van der Waals surface area contributed by atoms with E-state index in [0.717, 1.165) is 0 Å². The van der Waals surface area contributed by atoms with Crippen molar-refractivity contribution in [1.29, 1.82) is 0 Å². The van der Waals surface area contributed by atoms with E-state index in [0.29, 0.717) is 11.4 Å². The Labute approximate surface area is 120 Å². The second-order valence-corrected chi connectivity index (χ2v) is 6.31. The molecule has 20 heavy (non-hydrogen) atoms. The van der Waals surface area contributed by atoms with Gasteiger partial charge in [-0.15, -0.1) is 0 Å². The molecule has 0 saturated heterocycles. The minimum atomic E-state index is -0.393. The second-order valence-electron chi connectivity index (χ2n) is 6.31. The van der Waals surface area contributed by atoms with Crippen LogP contribution in [0.5, 0.6) is 5.75 Å². The van der Waals surface area contributed by atoms with Gasteiger partial charge in [-0.3, -0.25) is 10.1 Å². The largest absolute Gasteiger partial charge is 0.484 e. The molecule has 0 fully saturated rings. The van der Waals surface area contributed by atoms with Crippen LogP contribution in [0.2, 0.25) is 0 Å². The van der Waals surface area contributed by atoms with Crippen LogP contribution in [-0.4, -0.2) is 17.1 Å². The Morgan fingerprint density at radius 1 is 1.25 bits per heavy atom. The Morgan fingerprint density at radius 2 is 1.85 bits per heavy atom. The van der Waals surface area contributed by atoms with Crippen molar-refractivity contribution in [3.63, 3.8) is 0 Å². The molecule has 0 spiro atoms. The number of nitrogens with one attached hydrogen (secondary N) is 1. The Balaban J connectivity index is 3.16. The first kappa shape index (κ1) is 16.3. The van der Waals surface area contributed by atoms with Crippen molar-refractivity contribution in [2.45, 2.75) is 53.7 Å². The minimum absolute atomic E-state index is 0.00250. The summed E-state index contributed by atoms with van der Waals surface area (Å²) in [6, 6.07) is 5.21. The molecule has 1 rings (SSSR count). The van der Waals surface area contributed by atoms with E-state index in [2.05, 4.69) is 26.1 Å². The molecular formula is C15H24N2O3. The maximum atomic E-state index is 11.3. The number of ether oxygens (including phenoxy) is 1. The van der Waals surface area contributed by atoms with E-state index in [1.807, 2.05) is 20.8 Å². The van der Waals surface area contributed by atoms with E-state index in [1.165, 1.54) is 0 Å². The van der Waals surface area contributed by atoms with Crippen molar-refractivity contribution < 1.29 is 9.66 Å². The van der Waals surface area contributed by atoms with E-state index in [-0.39, 0.29) is 23.2 Å². The van der Waals surface area contributed by atoms with Gasteiger partial charge in [-0.1, -0.05) is 26.8 Å². The molecule has 0 aliphatic heterocycles. The van der Waals surface area contributed by atoms with Gasteiger partial charge in [-0.2, -0.15) is 0 Å². The average molecular weight is 280 g/mol. The summed E-state index contributed by atoms with van der Waals surface area (Å²) in [6.45, 7) is 12.0. The highest BCUT2D eigenvalue weighted by molar-refractivity contribution is 5.68. The number of rotatable bonds is 5. The van der Waals surface area contributed by atoms with Gasteiger partial charge in [-0.05, 0) is 38.3 Å². The summed E-state index contributed by atoms with van der Waals surface area (Å²) in [4.78, 5) is 10.9. The first-order chi connectivity index (χ1) is 9.12. The van der Waals surface area contributed by atoms with Gasteiger partial charge in [0.05, 0.1) is 11.0 Å². The van der Waals surface area contributed by atoms with Crippen LogP contribution in [0.15, 0.2) is 18.2 Å². The fraction of sp³-hybridized carbons (Fsp3) is 0.600. The van der Waals surface area contributed by atoms with E-state index in [9.17, 15) is 10.1 Å². The molecule has 5 heteroatoms. The summed E-state index contributed by atoms with van der Waals surface area (Å²) in [6.07, 6.45) is -0.107. The van der Waals surface area contributed by atoms with Crippen molar-refractivity contribution in [2.75, 3.05) is 5.32 Å². The topological polar surface area (TPSA) is 64.4 Å². The predicted molar refractivity (Wildman–Crippen MR) is 81.4 cm³/mol. The molecule has 0 aliphatic carbocycles. The number of nitro benzene ring substituents is 1. The lowest BCUT2D eigenvalue weighted by molar-refractivity contribution is -0.385. The van der Waals surface area contributed by atoms with E-state index in [4.69, 9.17) is 4.74 Å². The lowest BCUT2D eigenvalue weighted by Crippen LogP contribution is -2.31. The van der Waals surface area contributed by atoms with Gasteiger partial charge < -0.3 is 10.1 Å². The van der Waals surface area contributed by atoms with Crippen LogP contribution in [0.4, 0.5) is 11.4 Å². The third-order valence-corrected chi connectivity index (χ3v) is 3.22. The molecule has 1 N–H and O–H groups in total. The molecule has 0 heterocycles. The molecule has 0 bridgehead atoms. The molecular weight excluding hydrogens is 256 g/mol. The van der Waals surface area contributed by atoms with Crippen LogP contribution < -0.4 is 10.1 Å². The van der Waals surface area contributed by atoms with Crippen molar-refractivity contribution in [3.05, 3.63) is 28.3 Å². The first-order valence-corrected chi connectivity index (χ1v) is 6.83. The van der Waals surface area contributed by atoms with Crippen molar-refractivity contribution in [3.8, 4) is 5.75 Å². The van der Waals surface area contributed by atoms with Gasteiger partial charge in [0.2, 0.25) is 0 Å². The third-order valence-electron chi connectivity index (χ3n) is 3.22. The number of hydrogen-bond donors (Lipinski definition) is 1. The lowest BCUT2D eigenvalue weighted by atomic mass is 9.88. The summed E-state index contributed by atoms with van der Waals surface area (Å²) in [5, 5.41) is 14.6.